The van der Waals surface area contributed by atoms with Crippen LogP contribution in [0.1, 0.15) is 26.4 Å². The number of aromatic nitrogens is 1. The van der Waals surface area contributed by atoms with Crippen molar-refractivity contribution in [3.8, 4) is 0 Å². The van der Waals surface area contributed by atoms with E-state index in [-0.39, 0.29) is 11.6 Å². The molecule has 0 aliphatic heterocycles. The van der Waals surface area contributed by atoms with E-state index in [1.165, 1.54) is 18.3 Å². The smallest absolute Gasteiger partial charge is 0.354 e. The maximum Gasteiger partial charge on any atom is 0.354 e. The predicted molar refractivity (Wildman–Crippen MR) is 70.3 cm³/mol. The molecule has 1 aromatic heterocycles. The van der Waals surface area contributed by atoms with Gasteiger partial charge in [0.1, 0.15) is 5.69 Å². The van der Waals surface area contributed by atoms with E-state index in [0.717, 1.165) is 11.3 Å². The van der Waals surface area contributed by atoms with Gasteiger partial charge >= 0.3 is 5.97 Å². The molecule has 0 atom stereocenters. The van der Waals surface area contributed by atoms with Crippen LogP contribution in [0.4, 0.5) is 5.69 Å². The van der Waals surface area contributed by atoms with Gasteiger partial charge in [-0.05, 0) is 30.7 Å². The molecule has 96 valence electrons. The molecule has 0 fully saturated rings. The van der Waals surface area contributed by atoms with Crippen LogP contribution in [0.25, 0.3) is 0 Å². The maximum absolute atomic E-state index is 11.9. The molecule has 1 aromatic carbocycles. The summed E-state index contributed by atoms with van der Waals surface area (Å²) >= 11 is 0. The molecule has 0 bridgehead atoms. The van der Waals surface area contributed by atoms with E-state index in [2.05, 4.69) is 10.3 Å². The zero-order chi connectivity index (χ0) is 13.8. The minimum Gasteiger partial charge on any atom is -0.477 e. The number of pyridine rings is 1. The number of amides is 1. The number of nitrogens with zero attached hydrogens (tertiary/aromatic N) is 1. The quantitative estimate of drug-likeness (QED) is 0.883. The van der Waals surface area contributed by atoms with Crippen LogP contribution in [0.3, 0.4) is 0 Å². The van der Waals surface area contributed by atoms with Crippen LogP contribution in [-0.4, -0.2) is 22.0 Å². The summed E-state index contributed by atoms with van der Waals surface area (Å²) < 4.78 is 0. The fraction of sp³-hybridized carbons (Fsp3) is 0.0714. The zero-order valence-corrected chi connectivity index (χ0v) is 10.3. The first-order chi connectivity index (χ1) is 9.08. The average Bonchev–Trinajstić information content (AvgIpc) is 2.41. The molecule has 2 N–H and O–H groups in total. The Morgan fingerprint density at radius 2 is 1.89 bits per heavy atom. The van der Waals surface area contributed by atoms with Gasteiger partial charge in [0.05, 0.1) is 5.56 Å². The van der Waals surface area contributed by atoms with Crippen LogP contribution in [0.15, 0.2) is 42.6 Å². The highest BCUT2D eigenvalue weighted by Crippen LogP contribution is 2.14. The molecule has 0 spiro atoms. The summed E-state index contributed by atoms with van der Waals surface area (Å²) in [6.07, 6.45) is 1.25. The fourth-order valence-electron chi connectivity index (χ4n) is 1.56. The van der Waals surface area contributed by atoms with Gasteiger partial charge in [-0.2, -0.15) is 0 Å². The number of rotatable bonds is 3. The summed E-state index contributed by atoms with van der Waals surface area (Å²) in [4.78, 5) is 26.3. The second-order valence-corrected chi connectivity index (χ2v) is 4.01. The SMILES string of the molecule is Cc1ccccc1NC(=O)c1ccc(C(=O)O)nc1. The van der Waals surface area contributed by atoms with Crippen molar-refractivity contribution in [2.24, 2.45) is 0 Å². The van der Waals surface area contributed by atoms with Crippen LogP contribution < -0.4 is 5.32 Å². The van der Waals surface area contributed by atoms with E-state index in [4.69, 9.17) is 5.11 Å². The molecule has 1 heterocycles. The summed E-state index contributed by atoms with van der Waals surface area (Å²) in [5, 5.41) is 11.5. The number of carboxylic acids is 1. The monoisotopic (exact) mass is 256 g/mol. The van der Waals surface area contributed by atoms with Crippen molar-refractivity contribution in [2.45, 2.75) is 6.92 Å². The molecule has 19 heavy (non-hydrogen) atoms. The minimum atomic E-state index is -1.12. The van der Waals surface area contributed by atoms with Crippen LogP contribution in [-0.2, 0) is 0 Å². The van der Waals surface area contributed by atoms with Gasteiger partial charge < -0.3 is 10.4 Å². The second-order valence-electron chi connectivity index (χ2n) is 4.01. The third-order valence-corrected chi connectivity index (χ3v) is 2.64. The molecule has 0 aliphatic rings. The number of hydrogen-bond acceptors (Lipinski definition) is 3. The normalized spacial score (nSPS) is 9.95. The van der Waals surface area contributed by atoms with E-state index >= 15 is 0 Å². The lowest BCUT2D eigenvalue weighted by molar-refractivity contribution is 0.0690. The zero-order valence-electron chi connectivity index (χ0n) is 10.3. The molecule has 0 saturated heterocycles. The number of hydrogen-bond donors (Lipinski definition) is 2. The summed E-state index contributed by atoms with van der Waals surface area (Å²) in [5.41, 5.74) is 1.89. The number of carbonyl (C=O) groups excluding carboxylic acids is 1. The predicted octanol–water partition coefficient (Wildman–Crippen LogP) is 2.34. The lowest BCUT2D eigenvalue weighted by Gasteiger charge is -2.07. The summed E-state index contributed by atoms with van der Waals surface area (Å²) in [5.74, 6) is -1.44. The van der Waals surface area contributed by atoms with Crippen LogP contribution in [0.5, 0.6) is 0 Å². The number of nitrogens with one attached hydrogen (secondary N) is 1. The lowest BCUT2D eigenvalue weighted by Crippen LogP contribution is -2.13. The molecule has 5 heteroatoms. The highest BCUT2D eigenvalue weighted by atomic mass is 16.4. The Morgan fingerprint density at radius 3 is 2.47 bits per heavy atom. The van der Waals surface area contributed by atoms with Gasteiger partial charge in [-0.1, -0.05) is 18.2 Å². The molecule has 0 saturated carbocycles. The first kappa shape index (κ1) is 12.8. The van der Waals surface area contributed by atoms with Crippen LogP contribution in [0, 0.1) is 6.92 Å². The Kier molecular flexibility index (Phi) is 3.56. The first-order valence-electron chi connectivity index (χ1n) is 5.64. The third kappa shape index (κ3) is 2.95. The topological polar surface area (TPSA) is 79.3 Å². The van der Waals surface area contributed by atoms with Crippen molar-refractivity contribution in [2.75, 3.05) is 5.32 Å². The molecule has 2 rings (SSSR count). The number of aryl methyl sites for hydroxylation is 1. The van der Waals surface area contributed by atoms with Crippen LogP contribution >= 0.6 is 0 Å². The molecule has 0 aliphatic carbocycles. The van der Waals surface area contributed by atoms with Gasteiger partial charge in [-0.3, -0.25) is 4.79 Å². The van der Waals surface area contributed by atoms with Crippen molar-refractivity contribution >= 4 is 17.6 Å². The molecule has 2 aromatic rings. The highest BCUT2D eigenvalue weighted by Gasteiger charge is 2.10. The molecule has 0 radical (unpaired) electrons. The van der Waals surface area contributed by atoms with Crippen molar-refractivity contribution in [1.29, 1.82) is 0 Å². The van der Waals surface area contributed by atoms with E-state index in [9.17, 15) is 9.59 Å². The molecular weight excluding hydrogens is 244 g/mol. The average molecular weight is 256 g/mol. The lowest BCUT2D eigenvalue weighted by atomic mass is 10.2. The summed E-state index contributed by atoms with van der Waals surface area (Å²) in [7, 11) is 0. The largest absolute Gasteiger partial charge is 0.477 e. The number of carbonyl (C=O) groups is 2. The number of anilines is 1. The van der Waals surface area contributed by atoms with E-state index < -0.39 is 5.97 Å². The number of carboxylic acid groups (broad SMARTS) is 1. The Hall–Kier alpha value is -2.69. The third-order valence-electron chi connectivity index (χ3n) is 2.64. The van der Waals surface area contributed by atoms with Crippen molar-refractivity contribution in [3.05, 3.63) is 59.4 Å². The van der Waals surface area contributed by atoms with Crippen molar-refractivity contribution < 1.29 is 14.7 Å². The Labute approximate surface area is 109 Å². The minimum absolute atomic E-state index is 0.0903. The summed E-state index contributed by atoms with van der Waals surface area (Å²) in [6, 6.07) is 10.1. The fourth-order valence-corrected chi connectivity index (χ4v) is 1.56. The Morgan fingerprint density at radius 1 is 1.16 bits per heavy atom. The van der Waals surface area contributed by atoms with Crippen LogP contribution in [0.2, 0.25) is 0 Å². The second kappa shape index (κ2) is 5.30. The van der Waals surface area contributed by atoms with Gasteiger partial charge in [0.25, 0.3) is 5.91 Å². The highest BCUT2D eigenvalue weighted by molar-refractivity contribution is 6.04. The van der Waals surface area contributed by atoms with Gasteiger partial charge in [-0.25, -0.2) is 9.78 Å². The van der Waals surface area contributed by atoms with Crippen molar-refractivity contribution in [1.82, 2.24) is 4.98 Å². The molecular formula is C14H12N2O3. The molecule has 0 unspecified atom stereocenters. The van der Waals surface area contributed by atoms with E-state index in [0.29, 0.717) is 5.56 Å². The number of aromatic carboxylic acids is 1. The van der Waals surface area contributed by atoms with Gasteiger partial charge in [0.15, 0.2) is 0 Å². The Bertz CT molecular complexity index is 621. The first-order valence-corrected chi connectivity index (χ1v) is 5.64. The van der Waals surface area contributed by atoms with Crippen molar-refractivity contribution in [3.63, 3.8) is 0 Å². The van der Waals surface area contributed by atoms with Gasteiger partial charge in [0.2, 0.25) is 0 Å². The standard InChI is InChI=1S/C14H12N2O3/c1-9-4-2-3-5-11(9)16-13(17)10-6-7-12(14(18)19)15-8-10/h2-8H,1H3,(H,16,17)(H,18,19). The van der Waals surface area contributed by atoms with Gasteiger partial charge in [-0.15, -0.1) is 0 Å². The molecule has 1 amide bonds. The van der Waals surface area contributed by atoms with E-state index in [1.54, 1.807) is 6.07 Å². The maximum atomic E-state index is 11.9. The number of benzene rings is 1. The Balaban J connectivity index is 2.16. The molecule has 5 nitrogen and oxygen atoms in total. The number of para-hydroxylation sites is 1. The van der Waals surface area contributed by atoms with E-state index in [1.807, 2.05) is 25.1 Å². The summed E-state index contributed by atoms with van der Waals surface area (Å²) in [6.45, 7) is 1.89. The van der Waals surface area contributed by atoms with Gasteiger partial charge in [0, 0.05) is 11.9 Å².